The fourth-order valence-electron chi connectivity index (χ4n) is 2.03. The Morgan fingerprint density at radius 3 is 2.96 bits per heavy atom. The van der Waals surface area contributed by atoms with E-state index in [9.17, 15) is 4.79 Å². The normalized spacial score (nSPS) is 11.0. The minimum atomic E-state index is -0.625. The molecule has 0 radical (unpaired) electrons. The van der Waals surface area contributed by atoms with Gasteiger partial charge in [0.15, 0.2) is 5.69 Å². The van der Waals surface area contributed by atoms with Crippen molar-refractivity contribution in [1.29, 1.82) is 0 Å². The second-order valence-electron chi connectivity index (χ2n) is 4.83. The van der Waals surface area contributed by atoms with Crippen molar-refractivity contribution in [1.82, 2.24) is 20.0 Å². The highest BCUT2D eigenvalue weighted by Gasteiger charge is 2.22. The molecule has 0 aliphatic carbocycles. The van der Waals surface area contributed by atoms with Crippen LogP contribution in [-0.4, -0.2) is 40.3 Å². The zero-order valence-corrected chi connectivity index (χ0v) is 12.6. The van der Waals surface area contributed by atoms with Crippen molar-refractivity contribution < 1.29 is 18.3 Å². The Labute approximate surface area is 130 Å². The smallest absolute Gasteiger partial charge is 0.442 e. The number of nitrogens with one attached hydrogen (secondary N) is 1. The Balaban J connectivity index is 1.89. The lowest BCUT2D eigenvalue weighted by atomic mass is 10.3. The third-order valence-corrected chi connectivity index (χ3v) is 3.08. The Kier molecular flexibility index (Phi) is 4.24. The molecule has 10 nitrogen and oxygen atoms in total. The van der Waals surface area contributed by atoms with Gasteiger partial charge < -0.3 is 14.5 Å². The predicted octanol–water partition coefficient (Wildman–Crippen LogP) is 0.894. The molecule has 0 bridgehead atoms. The quantitative estimate of drug-likeness (QED) is 0.632. The van der Waals surface area contributed by atoms with Crippen molar-refractivity contribution in [3.05, 3.63) is 34.2 Å². The van der Waals surface area contributed by atoms with Gasteiger partial charge >= 0.3 is 5.76 Å². The number of hydrogen-bond acceptors (Lipinski definition) is 9. The summed E-state index contributed by atoms with van der Waals surface area (Å²) in [5, 5.41) is 14.3. The van der Waals surface area contributed by atoms with Gasteiger partial charge in [-0.15, -0.1) is 0 Å². The van der Waals surface area contributed by atoms with Gasteiger partial charge in [-0.2, -0.15) is 0 Å². The highest BCUT2D eigenvalue weighted by Crippen LogP contribution is 2.22. The van der Waals surface area contributed by atoms with Gasteiger partial charge in [-0.1, -0.05) is 5.16 Å². The molecule has 10 heteroatoms. The molecule has 3 heterocycles. The Bertz CT molecular complexity index is 830. The van der Waals surface area contributed by atoms with Crippen LogP contribution in [0.5, 0.6) is 0 Å². The summed E-state index contributed by atoms with van der Waals surface area (Å²) < 4.78 is 21.1. The molecule has 0 unspecified atom stereocenters. The first-order valence-electron chi connectivity index (χ1n) is 6.85. The Hall–Kier alpha value is -2.88. The molecule has 122 valence electrons. The molecule has 0 fully saturated rings. The average Bonchev–Trinajstić information content (AvgIpc) is 3.23. The number of aromatic nitrogens is 4. The maximum atomic E-state index is 11.9. The van der Waals surface area contributed by atoms with Gasteiger partial charge in [0.2, 0.25) is 11.6 Å². The van der Waals surface area contributed by atoms with Crippen molar-refractivity contribution in [3.8, 4) is 11.5 Å². The molecule has 3 aromatic rings. The van der Waals surface area contributed by atoms with Crippen LogP contribution in [0.1, 0.15) is 11.3 Å². The fraction of sp³-hybridized carbons (Fsp3) is 0.385. The molecule has 0 saturated carbocycles. The number of furan rings is 1. The van der Waals surface area contributed by atoms with Crippen LogP contribution in [0, 0.1) is 6.92 Å². The van der Waals surface area contributed by atoms with Gasteiger partial charge in [0.05, 0.1) is 19.4 Å². The standard InChI is InChI=1S/C13H15N5O5/c1-8-5-9(21-7-8)6-18-12(17-22-13(18)19)10-11(16-23-15-10)14-3-4-20-2/h5,7H,3-4,6H2,1-2H3,(H,14,16). The summed E-state index contributed by atoms with van der Waals surface area (Å²) >= 11 is 0. The highest BCUT2D eigenvalue weighted by atomic mass is 16.6. The molecule has 0 aromatic carbocycles. The van der Waals surface area contributed by atoms with Gasteiger partial charge in [-0.3, -0.25) is 4.52 Å². The van der Waals surface area contributed by atoms with Crippen LogP contribution in [0.25, 0.3) is 11.5 Å². The van der Waals surface area contributed by atoms with Crippen molar-refractivity contribution in [3.63, 3.8) is 0 Å². The Morgan fingerprint density at radius 1 is 1.35 bits per heavy atom. The third-order valence-electron chi connectivity index (χ3n) is 3.08. The number of anilines is 1. The molecule has 1 N–H and O–H groups in total. The van der Waals surface area contributed by atoms with Gasteiger partial charge in [0.25, 0.3) is 0 Å². The summed E-state index contributed by atoms with van der Waals surface area (Å²) in [6.07, 6.45) is 1.60. The van der Waals surface area contributed by atoms with E-state index in [1.807, 2.05) is 13.0 Å². The summed E-state index contributed by atoms with van der Waals surface area (Å²) in [6.45, 7) is 3.03. The lowest BCUT2D eigenvalue weighted by molar-refractivity contribution is 0.210. The van der Waals surface area contributed by atoms with E-state index in [-0.39, 0.29) is 18.1 Å². The highest BCUT2D eigenvalue weighted by molar-refractivity contribution is 5.64. The van der Waals surface area contributed by atoms with E-state index in [0.29, 0.717) is 24.7 Å². The van der Waals surface area contributed by atoms with Crippen molar-refractivity contribution in [2.45, 2.75) is 13.5 Å². The minimum absolute atomic E-state index is 0.163. The van der Waals surface area contributed by atoms with Crippen LogP contribution in [-0.2, 0) is 11.3 Å². The first-order chi connectivity index (χ1) is 11.2. The second kappa shape index (κ2) is 6.48. The molecule has 0 spiro atoms. The molecule has 0 amide bonds. The van der Waals surface area contributed by atoms with Gasteiger partial charge in [-0.25, -0.2) is 14.0 Å². The fourth-order valence-corrected chi connectivity index (χ4v) is 2.03. The number of hydrogen-bond donors (Lipinski definition) is 1. The number of aryl methyl sites for hydroxylation is 1. The summed E-state index contributed by atoms with van der Waals surface area (Å²) in [4.78, 5) is 11.9. The molecule has 0 saturated heterocycles. The SMILES string of the molecule is COCCNc1nonc1-c1noc(=O)n1Cc1cc(C)co1. The van der Waals surface area contributed by atoms with Crippen LogP contribution < -0.4 is 11.1 Å². The molecule has 3 rings (SSSR count). The maximum absolute atomic E-state index is 11.9. The number of rotatable bonds is 7. The zero-order chi connectivity index (χ0) is 16.2. The molecule has 0 atom stereocenters. The van der Waals surface area contributed by atoms with E-state index < -0.39 is 5.76 Å². The van der Waals surface area contributed by atoms with Crippen molar-refractivity contribution in [2.75, 3.05) is 25.6 Å². The van der Waals surface area contributed by atoms with E-state index in [4.69, 9.17) is 18.3 Å². The number of ether oxygens (including phenoxy) is 1. The maximum Gasteiger partial charge on any atom is 0.442 e. The molecule has 0 aliphatic heterocycles. The van der Waals surface area contributed by atoms with Gasteiger partial charge in [0.1, 0.15) is 5.76 Å². The number of methoxy groups -OCH3 is 1. The van der Waals surface area contributed by atoms with Crippen molar-refractivity contribution in [2.24, 2.45) is 0 Å². The topological polar surface area (TPSA) is 121 Å². The molecule has 3 aromatic heterocycles. The van der Waals surface area contributed by atoms with E-state index in [0.717, 1.165) is 5.56 Å². The first-order valence-corrected chi connectivity index (χ1v) is 6.85. The van der Waals surface area contributed by atoms with Gasteiger partial charge in [-0.05, 0) is 28.9 Å². The van der Waals surface area contributed by atoms with E-state index in [1.165, 1.54) is 4.57 Å². The van der Waals surface area contributed by atoms with E-state index >= 15 is 0 Å². The lowest BCUT2D eigenvalue weighted by Gasteiger charge is -2.03. The first kappa shape index (κ1) is 15.0. The lowest BCUT2D eigenvalue weighted by Crippen LogP contribution is -2.16. The molecule has 23 heavy (non-hydrogen) atoms. The summed E-state index contributed by atoms with van der Waals surface area (Å²) in [7, 11) is 1.59. The zero-order valence-electron chi connectivity index (χ0n) is 12.6. The van der Waals surface area contributed by atoms with Crippen LogP contribution in [0.3, 0.4) is 0 Å². The van der Waals surface area contributed by atoms with E-state index in [2.05, 4.69) is 20.8 Å². The largest absolute Gasteiger partial charge is 0.467 e. The van der Waals surface area contributed by atoms with Crippen LogP contribution >= 0.6 is 0 Å². The third kappa shape index (κ3) is 3.16. The predicted molar refractivity (Wildman–Crippen MR) is 77.0 cm³/mol. The van der Waals surface area contributed by atoms with Crippen LogP contribution in [0.15, 0.2) is 30.7 Å². The summed E-state index contributed by atoms with van der Waals surface area (Å²) in [6, 6.07) is 1.82. The van der Waals surface area contributed by atoms with Crippen LogP contribution in [0.4, 0.5) is 5.82 Å². The second-order valence-corrected chi connectivity index (χ2v) is 4.83. The monoisotopic (exact) mass is 321 g/mol. The minimum Gasteiger partial charge on any atom is -0.467 e. The number of nitrogens with zero attached hydrogens (tertiary/aromatic N) is 4. The molecular weight excluding hydrogens is 306 g/mol. The Morgan fingerprint density at radius 2 is 2.22 bits per heavy atom. The summed E-state index contributed by atoms with van der Waals surface area (Å²) in [5.74, 6) is 0.518. The summed E-state index contributed by atoms with van der Waals surface area (Å²) in [5.41, 5.74) is 1.23. The molecular formula is C13H15N5O5. The average molecular weight is 321 g/mol. The van der Waals surface area contributed by atoms with E-state index in [1.54, 1.807) is 13.4 Å². The molecule has 0 aliphatic rings. The van der Waals surface area contributed by atoms with Crippen molar-refractivity contribution >= 4 is 5.82 Å². The van der Waals surface area contributed by atoms with Crippen LogP contribution in [0.2, 0.25) is 0 Å². The van der Waals surface area contributed by atoms with Gasteiger partial charge in [0, 0.05) is 13.7 Å².